The predicted octanol–water partition coefficient (Wildman–Crippen LogP) is 1.35. The summed E-state index contributed by atoms with van der Waals surface area (Å²) in [5.74, 6) is 0.604. The lowest BCUT2D eigenvalue weighted by molar-refractivity contribution is 0.608. The van der Waals surface area contributed by atoms with Crippen LogP contribution in [0.15, 0.2) is 6.20 Å². The molecule has 0 amide bonds. The number of anilines is 1. The molecule has 0 spiro atoms. The van der Waals surface area contributed by atoms with Gasteiger partial charge in [-0.2, -0.15) is 0 Å². The van der Waals surface area contributed by atoms with E-state index in [0.29, 0.717) is 12.0 Å². The van der Waals surface area contributed by atoms with Gasteiger partial charge in [-0.1, -0.05) is 0 Å². The van der Waals surface area contributed by atoms with Crippen molar-refractivity contribution in [2.45, 2.75) is 26.8 Å². The van der Waals surface area contributed by atoms with Gasteiger partial charge in [0.1, 0.15) is 0 Å². The molecule has 0 saturated heterocycles. The normalized spacial score (nSPS) is 10.8. The molecule has 0 unspecified atom stereocenters. The zero-order chi connectivity index (χ0) is 7.72. The monoisotopic (exact) mass is 139 g/mol. The first kappa shape index (κ1) is 7.12. The van der Waals surface area contributed by atoms with Gasteiger partial charge >= 0.3 is 0 Å². The molecule has 1 aromatic rings. The molecular formula is C7H13N3. The topological polar surface area (TPSA) is 43.8 Å². The summed E-state index contributed by atoms with van der Waals surface area (Å²) in [4.78, 5) is 4.07. The third kappa shape index (κ3) is 1.12. The molecule has 0 fully saturated rings. The van der Waals surface area contributed by atoms with Crippen LogP contribution in [0.3, 0.4) is 0 Å². The third-order valence-corrected chi connectivity index (χ3v) is 1.44. The summed E-state index contributed by atoms with van der Waals surface area (Å²) in [7, 11) is 0. The third-order valence-electron chi connectivity index (χ3n) is 1.44. The molecule has 0 aliphatic heterocycles. The molecule has 0 atom stereocenters. The minimum Gasteiger partial charge on any atom is -0.369 e. The van der Waals surface area contributed by atoms with Gasteiger partial charge in [0.2, 0.25) is 5.95 Å². The van der Waals surface area contributed by atoms with Crippen molar-refractivity contribution in [3.63, 3.8) is 0 Å². The summed E-state index contributed by atoms with van der Waals surface area (Å²) in [5, 5.41) is 0. The van der Waals surface area contributed by atoms with Gasteiger partial charge in [-0.25, -0.2) is 4.98 Å². The average molecular weight is 139 g/mol. The zero-order valence-electron chi connectivity index (χ0n) is 6.63. The van der Waals surface area contributed by atoms with Crippen molar-refractivity contribution in [1.82, 2.24) is 9.55 Å². The van der Waals surface area contributed by atoms with E-state index in [-0.39, 0.29) is 0 Å². The van der Waals surface area contributed by atoms with E-state index < -0.39 is 0 Å². The zero-order valence-corrected chi connectivity index (χ0v) is 6.63. The summed E-state index contributed by atoms with van der Waals surface area (Å²) >= 11 is 0. The van der Waals surface area contributed by atoms with Crippen molar-refractivity contribution in [1.29, 1.82) is 0 Å². The molecular weight excluding hydrogens is 126 g/mol. The summed E-state index contributed by atoms with van der Waals surface area (Å²) in [6.07, 6.45) is 1.96. The highest BCUT2D eigenvalue weighted by Crippen LogP contribution is 2.11. The minimum absolute atomic E-state index is 0.404. The van der Waals surface area contributed by atoms with Crippen molar-refractivity contribution < 1.29 is 0 Å². The molecule has 0 aliphatic carbocycles. The van der Waals surface area contributed by atoms with E-state index in [1.807, 2.05) is 17.7 Å². The number of nitrogens with two attached hydrogens (primary N) is 1. The van der Waals surface area contributed by atoms with Gasteiger partial charge in [-0.05, 0) is 20.8 Å². The van der Waals surface area contributed by atoms with Crippen molar-refractivity contribution >= 4 is 5.95 Å². The Kier molecular flexibility index (Phi) is 1.66. The van der Waals surface area contributed by atoms with E-state index in [1.165, 1.54) is 0 Å². The number of nitrogen functional groups attached to an aromatic ring is 1. The van der Waals surface area contributed by atoms with Crippen LogP contribution in [0.5, 0.6) is 0 Å². The fourth-order valence-corrected chi connectivity index (χ4v) is 0.948. The van der Waals surface area contributed by atoms with Gasteiger partial charge in [0.25, 0.3) is 0 Å². The summed E-state index contributed by atoms with van der Waals surface area (Å²) in [6, 6.07) is 0.404. The Morgan fingerprint density at radius 3 is 2.40 bits per heavy atom. The number of hydrogen-bond donors (Lipinski definition) is 1. The Balaban J connectivity index is 3.03. The Bertz CT molecular complexity index is 225. The molecule has 0 bridgehead atoms. The molecule has 3 nitrogen and oxygen atoms in total. The minimum atomic E-state index is 0.404. The van der Waals surface area contributed by atoms with Crippen LogP contribution in [0.25, 0.3) is 0 Å². The highest BCUT2D eigenvalue weighted by molar-refractivity contribution is 5.21. The van der Waals surface area contributed by atoms with Crippen LogP contribution < -0.4 is 5.73 Å². The van der Waals surface area contributed by atoms with Crippen molar-refractivity contribution in [2.75, 3.05) is 5.73 Å². The van der Waals surface area contributed by atoms with Crippen LogP contribution in [-0.4, -0.2) is 9.55 Å². The molecule has 0 aliphatic rings. The Morgan fingerprint density at radius 2 is 2.20 bits per heavy atom. The largest absolute Gasteiger partial charge is 0.369 e. The standard InChI is InChI=1S/C7H13N3/c1-5(2)10-4-6(3)9-7(10)8/h4-5H,1-3H3,(H2,8,9). The molecule has 0 aromatic carbocycles. The maximum atomic E-state index is 5.59. The summed E-state index contributed by atoms with van der Waals surface area (Å²) < 4.78 is 1.95. The van der Waals surface area contributed by atoms with Crippen LogP contribution in [0.1, 0.15) is 25.6 Å². The van der Waals surface area contributed by atoms with Crippen LogP contribution in [0.4, 0.5) is 5.95 Å². The highest BCUT2D eigenvalue weighted by Gasteiger charge is 2.02. The predicted molar refractivity (Wildman–Crippen MR) is 41.8 cm³/mol. The lowest BCUT2D eigenvalue weighted by Gasteiger charge is -2.06. The molecule has 0 radical (unpaired) electrons. The van der Waals surface area contributed by atoms with Gasteiger partial charge in [0.05, 0.1) is 5.69 Å². The van der Waals surface area contributed by atoms with Gasteiger partial charge in [0, 0.05) is 12.2 Å². The number of rotatable bonds is 1. The van der Waals surface area contributed by atoms with E-state index in [2.05, 4.69) is 18.8 Å². The second-order valence-electron chi connectivity index (χ2n) is 2.74. The number of imidazole rings is 1. The van der Waals surface area contributed by atoms with E-state index in [1.54, 1.807) is 0 Å². The SMILES string of the molecule is Cc1cn(C(C)C)c(N)n1. The van der Waals surface area contributed by atoms with Crippen LogP contribution in [0.2, 0.25) is 0 Å². The fraction of sp³-hybridized carbons (Fsp3) is 0.571. The highest BCUT2D eigenvalue weighted by atomic mass is 15.2. The lowest BCUT2D eigenvalue weighted by atomic mass is 10.4. The number of aromatic nitrogens is 2. The first-order valence-electron chi connectivity index (χ1n) is 3.42. The Hall–Kier alpha value is -0.990. The number of aryl methyl sites for hydroxylation is 1. The van der Waals surface area contributed by atoms with Crippen LogP contribution >= 0.6 is 0 Å². The Labute approximate surface area is 60.9 Å². The smallest absolute Gasteiger partial charge is 0.200 e. The molecule has 10 heavy (non-hydrogen) atoms. The summed E-state index contributed by atoms with van der Waals surface area (Å²) in [5.41, 5.74) is 6.57. The van der Waals surface area contributed by atoms with Crippen molar-refractivity contribution in [3.05, 3.63) is 11.9 Å². The molecule has 1 rings (SSSR count). The molecule has 56 valence electrons. The van der Waals surface area contributed by atoms with E-state index in [0.717, 1.165) is 5.69 Å². The summed E-state index contributed by atoms with van der Waals surface area (Å²) in [6.45, 7) is 6.10. The molecule has 0 saturated carbocycles. The van der Waals surface area contributed by atoms with Crippen LogP contribution in [-0.2, 0) is 0 Å². The number of hydrogen-bond acceptors (Lipinski definition) is 2. The van der Waals surface area contributed by atoms with Crippen molar-refractivity contribution in [3.8, 4) is 0 Å². The Morgan fingerprint density at radius 1 is 1.60 bits per heavy atom. The first-order valence-corrected chi connectivity index (χ1v) is 3.42. The van der Waals surface area contributed by atoms with Crippen molar-refractivity contribution in [2.24, 2.45) is 0 Å². The molecule has 3 heteroatoms. The number of nitrogens with zero attached hydrogens (tertiary/aromatic N) is 2. The fourth-order valence-electron chi connectivity index (χ4n) is 0.948. The van der Waals surface area contributed by atoms with E-state index >= 15 is 0 Å². The molecule has 2 N–H and O–H groups in total. The van der Waals surface area contributed by atoms with Gasteiger partial charge in [-0.15, -0.1) is 0 Å². The molecule has 1 heterocycles. The maximum absolute atomic E-state index is 5.59. The second kappa shape index (κ2) is 2.33. The van der Waals surface area contributed by atoms with Gasteiger partial charge in [0.15, 0.2) is 0 Å². The molecule has 1 aromatic heterocycles. The lowest BCUT2D eigenvalue weighted by Crippen LogP contribution is -2.03. The van der Waals surface area contributed by atoms with Gasteiger partial charge < -0.3 is 10.3 Å². The second-order valence-corrected chi connectivity index (χ2v) is 2.74. The maximum Gasteiger partial charge on any atom is 0.200 e. The van der Waals surface area contributed by atoms with E-state index in [9.17, 15) is 0 Å². The first-order chi connectivity index (χ1) is 4.61. The van der Waals surface area contributed by atoms with E-state index in [4.69, 9.17) is 5.73 Å². The quantitative estimate of drug-likeness (QED) is 0.638. The van der Waals surface area contributed by atoms with Gasteiger partial charge in [-0.3, -0.25) is 0 Å². The average Bonchev–Trinajstić information content (AvgIpc) is 2.10. The van der Waals surface area contributed by atoms with Crippen LogP contribution in [0, 0.1) is 6.92 Å².